The van der Waals surface area contributed by atoms with Crippen molar-refractivity contribution in [3.63, 3.8) is 0 Å². The van der Waals surface area contributed by atoms with Crippen molar-refractivity contribution in [2.45, 2.75) is 45.1 Å². The van der Waals surface area contributed by atoms with Crippen LogP contribution in [0.3, 0.4) is 0 Å². The van der Waals surface area contributed by atoms with Gasteiger partial charge in [-0.1, -0.05) is 41.8 Å². The van der Waals surface area contributed by atoms with Crippen LogP contribution in [0.5, 0.6) is 0 Å². The number of rotatable bonds is 2. The fourth-order valence-electron chi connectivity index (χ4n) is 5.25. The quantitative estimate of drug-likeness (QED) is 0.614. The molecule has 5 nitrogen and oxygen atoms in total. The maximum atomic E-state index is 6.52. The normalized spacial score (nSPS) is 21.4. The number of piperidine rings is 1. The summed E-state index contributed by atoms with van der Waals surface area (Å²) in [6.07, 6.45) is 9.75. The number of benzene rings is 1. The van der Waals surface area contributed by atoms with E-state index in [0.717, 1.165) is 60.8 Å². The molecule has 1 saturated heterocycles. The second kappa shape index (κ2) is 7.15. The van der Waals surface area contributed by atoms with E-state index in [4.69, 9.17) is 33.9 Å². The topological polar surface area (TPSA) is 59.5 Å². The molecule has 29 heavy (non-hydrogen) atoms. The van der Waals surface area contributed by atoms with Gasteiger partial charge in [-0.25, -0.2) is 9.97 Å². The van der Waals surface area contributed by atoms with E-state index in [1.165, 1.54) is 12.8 Å². The maximum absolute atomic E-state index is 6.52. The molecule has 3 heterocycles. The molecule has 1 aliphatic heterocycles. The van der Waals surface area contributed by atoms with E-state index < -0.39 is 0 Å². The van der Waals surface area contributed by atoms with E-state index in [0.29, 0.717) is 21.5 Å². The van der Waals surface area contributed by atoms with Gasteiger partial charge < -0.3 is 10.6 Å². The zero-order chi connectivity index (χ0) is 20.2. The average molecular weight is 430 g/mol. The van der Waals surface area contributed by atoms with E-state index in [2.05, 4.69) is 14.3 Å². The van der Waals surface area contributed by atoms with Crippen molar-refractivity contribution in [2.24, 2.45) is 11.1 Å². The Hall–Kier alpha value is -1.82. The van der Waals surface area contributed by atoms with Crippen molar-refractivity contribution in [1.29, 1.82) is 0 Å². The summed E-state index contributed by atoms with van der Waals surface area (Å²) in [7, 11) is 0. The Bertz CT molecular complexity index is 1070. The predicted molar refractivity (Wildman–Crippen MR) is 119 cm³/mol. The van der Waals surface area contributed by atoms with Crippen LogP contribution < -0.4 is 10.6 Å². The molecule has 0 radical (unpaired) electrons. The van der Waals surface area contributed by atoms with Gasteiger partial charge in [0.05, 0.1) is 15.7 Å². The number of aryl methyl sites for hydroxylation is 1. The number of fused-ring (bicyclic) bond motifs is 1. The molecule has 2 N–H and O–H groups in total. The van der Waals surface area contributed by atoms with Crippen molar-refractivity contribution in [1.82, 2.24) is 14.4 Å². The third-order valence-corrected chi connectivity index (χ3v) is 7.77. The minimum absolute atomic E-state index is 0.327. The lowest BCUT2D eigenvalue weighted by Gasteiger charge is -2.42. The number of halogens is 2. The molecule has 152 valence electrons. The van der Waals surface area contributed by atoms with Crippen LogP contribution in [0.2, 0.25) is 10.0 Å². The number of nitrogens with zero attached hydrogens (tertiary/aromatic N) is 4. The number of imidazole rings is 1. The molecule has 1 saturated carbocycles. The Kier molecular flexibility index (Phi) is 4.72. The molecule has 0 amide bonds. The van der Waals surface area contributed by atoms with Gasteiger partial charge in [-0.05, 0) is 44.1 Å². The largest absolute Gasteiger partial charge is 0.342 e. The summed E-state index contributed by atoms with van der Waals surface area (Å²) in [6.45, 7) is 3.97. The fourth-order valence-corrected chi connectivity index (χ4v) is 5.64. The molecule has 0 unspecified atom stereocenters. The second-order valence-electron chi connectivity index (χ2n) is 8.44. The molecule has 5 rings (SSSR count). The van der Waals surface area contributed by atoms with Crippen molar-refractivity contribution in [2.75, 3.05) is 18.0 Å². The highest BCUT2D eigenvalue weighted by atomic mass is 35.5. The van der Waals surface area contributed by atoms with Gasteiger partial charge in [0.1, 0.15) is 5.65 Å². The van der Waals surface area contributed by atoms with Crippen LogP contribution in [-0.4, -0.2) is 33.5 Å². The lowest BCUT2D eigenvalue weighted by atomic mass is 9.74. The third-order valence-electron chi connectivity index (χ3n) is 6.95. The number of hydrogen-bond donors (Lipinski definition) is 1. The summed E-state index contributed by atoms with van der Waals surface area (Å²) in [5.41, 5.74) is 10.3. The zero-order valence-electron chi connectivity index (χ0n) is 16.5. The SMILES string of the molecule is Cc1nc(N2CCC3(CCC[C@H]3N)CC2)n2ccnc2c1-c1cccc(Cl)c1Cl. The molecule has 1 aliphatic carbocycles. The Balaban J connectivity index is 1.54. The summed E-state index contributed by atoms with van der Waals surface area (Å²) in [5, 5.41) is 1.07. The molecule has 3 aromatic rings. The van der Waals surface area contributed by atoms with Gasteiger partial charge in [-0.15, -0.1) is 0 Å². The van der Waals surface area contributed by atoms with Crippen LogP contribution >= 0.6 is 23.2 Å². The lowest BCUT2D eigenvalue weighted by molar-refractivity contribution is 0.197. The highest BCUT2D eigenvalue weighted by Crippen LogP contribution is 2.46. The van der Waals surface area contributed by atoms with Crippen molar-refractivity contribution < 1.29 is 0 Å². The van der Waals surface area contributed by atoms with Gasteiger partial charge in [0, 0.05) is 42.7 Å². The summed E-state index contributed by atoms with van der Waals surface area (Å²) >= 11 is 12.8. The van der Waals surface area contributed by atoms with Crippen LogP contribution in [0, 0.1) is 12.3 Å². The Morgan fingerprint density at radius 2 is 1.97 bits per heavy atom. The standard InChI is InChI=1S/C22H25Cl2N5/c1-14-18(15-4-2-5-16(23)19(15)24)20-26-10-13-29(20)21(27-14)28-11-8-22(9-12-28)7-3-6-17(22)25/h2,4-5,10,13,17H,3,6-9,11-12,25H2,1H3/t17-/m1/s1. The smallest absolute Gasteiger partial charge is 0.211 e. The number of anilines is 1. The van der Waals surface area contributed by atoms with Crippen LogP contribution in [0.25, 0.3) is 16.8 Å². The molecular formula is C22H25Cl2N5. The number of nitrogens with two attached hydrogens (primary N) is 1. The van der Waals surface area contributed by atoms with Crippen LogP contribution in [0.1, 0.15) is 37.8 Å². The molecular weight excluding hydrogens is 405 g/mol. The number of hydrogen-bond acceptors (Lipinski definition) is 4. The summed E-state index contributed by atoms with van der Waals surface area (Å²) in [6, 6.07) is 6.02. The molecule has 1 atom stereocenters. The van der Waals surface area contributed by atoms with Gasteiger partial charge in [-0.3, -0.25) is 4.40 Å². The molecule has 2 aliphatic rings. The minimum atomic E-state index is 0.327. The predicted octanol–water partition coefficient (Wildman–Crippen LogP) is 5.11. The molecule has 7 heteroatoms. The third kappa shape index (κ3) is 3.02. The minimum Gasteiger partial charge on any atom is -0.342 e. The van der Waals surface area contributed by atoms with Crippen LogP contribution in [0.4, 0.5) is 5.95 Å². The van der Waals surface area contributed by atoms with Crippen molar-refractivity contribution in [3.05, 3.63) is 46.3 Å². The highest BCUT2D eigenvalue weighted by molar-refractivity contribution is 6.43. The van der Waals surface area contributed by atoms with Gasteiger partial charge in [-0.2, -0.15) is 0 Å². The van der Waals surface area contributed by atoms with Gasteiger partial charge in [0.2, 0.25) is 5.95 Å². The Morgan fingerprint density at radius 3 is 2.69 bits per heavy atom. The fraction of sp³-hybridized carbons (Fsp3) is 0.455. The molecule has 1 aromatic carbocycles. The summed E-state index contributed by atoms with van der Waals surface area (Å²) < 4.78 is 2.08. The first-order valence-electron chi connectivity index (χ1n) is 10.3. The summed E-state index contributed by atoms with van der Waals surface area (Å²) in [5.74, 6) is 0.943. The maximum Gasteiger partial charge on any atom is 0.211 e. The molecule has 2 fully saturated rings. The van der Waals surface area contributed by atoms with Gasteiger partial charge >= 0.3 is 0 Å². The van der Waals surface area contributed by atoms with Gasteiger partial charge in [0.15, 0.2) is 0 Å². The Morgan fingerprint density at radius 1 is 1.17 bits per heavy atom. The molecule has 1 spiro atoms. The average Bonchev–Trinajstić information content (AvgIpc) is 3.33. The van der Waals surface area contributed by atoms with Crippen molar-refractivity contribution in [3.8, 4) is 11.1 Å². The molecule has 0 bridgehead atoms. The first kappa shape index (κ1) is 19.2. The van der Waals surface area contributed by atoms with Crippen LogP contribution in [-0.2, 0) is 0 Å². The summed E-state index contributed by atoms with van der Waals surface area (Å²) in [4.78, 5) is 12.0. The second-order valence-corrected chi connectivity index (χ2v) is 9.23. The zero-order valence-corrected chi connectivity index (χ0v) is 18.0. The molecule has 2 aromatic heterocycles. The van der Waals surface area contributed by atoms with Gasteiger partial charge in [0.25, 0.3) is 0 Å². The first-order chi connectivity index (χ1) is 14.0. The highest BCUT2D eigenvalue weighted by Gasteiger charge is 2.43. The van der Waals surface area contributed by atoms with E-state index in [-0.39, 0.29) is 0 Å². The van der Waals surface area contributed by atoms with E-state index in [9.17, 15) is 0 Å². The van der Waals surface area contributed by atoms with Crippen molar-refractivity contribution >= 4 is 34.8 Å². The lowest BCUT2D eigenvalue weighted by Crippen LogP contribution is -2.47. The Labute approximate surface area is 180 Å². The van der Waals surface area contributed by atoms with E-state index in [1.54, 1.807) is 6.07 Å². The first-order valence-corrected chi connectivity index (χ1v) is 11.0. The number of aromatic nitrogens is 3. The van der Waals surface area contributed by atoms with E-state index >= 15 is 0 Å². The van der Waals surface area contributed by atoms with E-state index in [1.807, 2.05) is 31.5 Å². The monoisotopic (exact) mass is 429 g/mol. The van der Waals surface area contributed by atoms with Crippen LogP contribution in [0.15, 0.2) is 30.6 Å².